The fraction of sp³-hybridized carbons (Fsp3) is 0.636. The van der Waals surface area contributed by atoms with Crippen LogP contribution >= 0.6 is 0 Å². The van der Waals surface area contributed by atoms with Gasteiger partial charge in [0.15, 0.2) is 0 Å². The molecule has 6 heteroatoms. The summed E-state index contributed by atoms with van der Waals surface area (Å²) >= 11 is 0. The Hall–Kier alpha value is -1.56. The minimum absolute atomic E-state index is 0.0446. The lowest BCUT2D eigenvalue weighted by atomic mass is 9.64. The number of nitrogens with two attached hydrogens (primary N) is 1. The molecular weight excluding hydrogens is 222 g/mol. The van der Waals surface area contributed by atoms with Crippen molar-refractivity contribution >= 4 is 5.82 Å². The molecular formula is C11H17N3O3. The number of nitrogen functional groups attached to an aromatic ring is 1. The number of aromatic nitrogens is 2. The van der Waals surface area contributed by atoms with E-state index in [0.717, 1.165) is 6.42 Å². The third kappa shape index (κ3) is 1.68. The van der Waals surface area contributed by atoms with Crippen molar-refractivity contribution in [2.24, 2.45) is 5.41 Å². The first-order valence-corrected chi connectivity index (χ1v) is 5.52. The van der Waals surface area contributed by atoms with Crippen LogP contribution in [0.5, 0.6) is 0 Å². The average molecular weight is 239 g/mol. The number of aromatic amines is 1. The molecule has 1 aromatic heterocycles. The third-order valence-corrected chi connectivity index (χ3v) is 3.73. The van der Waals surface area contributed by atoms with Crippen LogP contribution in [-0.4, -0.2) is 22.8 Å². The summed E-state index contributed by atoms with van der Waals surface area (Å²) in [6.07, 6.45) is 0.824. The molecule has 94 valence electrons. The summed E-state index contributed by atoms with van der Waals surface area (Å²) in [5.74, 6) is 0.200. The first-order valence-electron chi connectivity index (χ1n) is 5.52. The molecule has 0 spiro atoms. The molecule has 2 atom stereocenters. The summed E-state index contributed by atoms with van der Waals surface area (Å²) in [5, 5.41) is 0. The Bertz CT molecular complexity index is 544. The molecule has 0 aromatic carbocycles. The Kier molecular flexibility index (Phi) is 2.61. The maximum atomic E-state index is 11.8. The highest BCUT2D eigenvalue weighted by molar-refractivity contribution is 5.28. The molecule has 1 aromatic rings. The van der Waals surface area contributed by atoms with Crippen LogP contribution < -0.4 is 17.0 Å². The quantitative estimate of drug-likeness (QED) is 0.766. The Balaban J connectivity index is 2.45. The van der Waals surface area contributed by atoms with Crippen molar-refractivity contribution in [3.63, 3.8) is 0 Å². The number of anilines is 1. The van der Waals surface area contributed by atoms with Crippen LogP contribution in [0.2, 0.25) is 0 Å². The molecule has 17 heavy (non-hydrogen) atoms. The molecule has 0 saturated heterocycles. The zero-order valence-corrected chi connectivity index (χ0v) is 10.2. The van der Waals surface area contributed by atoms with E-state index < -0.39 is 11.2 Å². The topological polar surface area (TPSA) is 90.1 Å². The van der Waals surface area contributed by atoms with Gasteiger partial charge in [-0.3, -0.25) is 14.3 Å². The normalized spacial score (nSPS) is 26.5. The Labute approximate surface area is 98.4 Å². The molecule has 0 bridgehead atoms. The fourth-order valence-electron chi connectivity index (χ4n) is 2.55. The smallest absolute Gasteiger partial charge is 0.330 e. The van der Waals surface area contributed by atoms with Gasteiger partial charge in [-0.1, -0.05) is 13.8 Å². The predicted molar refractivity (Wildman–Crippen MR) is 64.0 cm³/mol. The van der Waals surface area contributed by atoms with Gasteiger partial charge in [0, 0.05) is 18.6 Å². The van der Waals surface area contributed by atoms with E-state index in [1.807, 2.05) is 13.8 Å². The van der Waals surface area contributed by atoms with E-state index >= 15 is 0 Å². The zero-order chi connectivity index (χ0) is 12.8. The molecule has 1 heterocycles. The zero-order valence-electron chi connectivity index (χ0n) is 10.2. The maximum absolute atomic E-state index is 11.8. The van der Waals surface area contributed by atoms with Gasteiger partial charge < -0.3 is 10.5 Å². The van der Waals surface area contributed by atoms with Crippen molar-refractivity contribution in [3.8, 4) is 0 Å². The first-order chi connectivity index (χ1) is 7.87. The molecule has 2 rings (SSSR count). The van der Waals surface area contributed by atoms with Gasteiger partial charge in [0.2, 0.25) is 0 Å². The van der Waals surface area contributed by atoms with Crippen molar-refractivity contribution in [2.45, 2.75) is 32.4 Å². The van der Waals surface area contributed by atoms with Crippen molar-refractivity contribution in [1.29, 1.82) is 0 Å². The summed E-state index contributed by atoms with van der Waals surface area (Å²) in [4.78, 5) is 25.1. The molecule has 1 fully saturated rings. The number of nitrogens with one attached hydrogen (secondary N) is 1. The fourth-order valence-corrected chi connectivity index (χ4v) is 2.55. The van der Waals surface area contributed by atoms with E-state index in [1.165, 1.54) is 10.6 Å². The Morgan fingerprint density at radius 2 is 2.18 bits per heavy atom. The molecule has 1 saturated carbocycles. The van der Waals surface area contributed by atoms with Crippen LogP contribution in [-0.2, 0) is 4.74 Å². The largest absolute Gasteiger partial charge is 0.385 e. The third-order valence-electron chi connectivity index (χ3n) is 3.73. The van der Waals surface area contributed by atoms with Crippen LogP contribution in [0, 0.1) is 5.41 Å². The van der Waals surface area contributed by atoms with Gasteiger partial charge in [0.25, 0.3) is 5.56 Å². The number of hydrogen-bond acceptors (Lipinski definition) is 4. The van der Waals surface area contributed by atoms with E-state index in [1.54, 1.807) is 7.11 Å². The van der Waals surface area contributed by atoms with Gasteiger partial charge in [0.1, 0.15) is 5.82 Å². The van der Waals surface area contributed by atoms with Gasteiger partial charge in [-0.2, -0.15) is 0 Å². The molecule has 2 unspecified atom stereocenters. The molecule has 0 amide bonds. The molecule has 0 aliphatic heterocycles. The highest BCUT2D eigenvalue weighted by atomic mass is 16.5. The molecule has 6 nitrogen and oxygen atoms in total. The van der Waals surface area contributed by atoms with Crippen molar-refractivity contribution in [3.05, 3.63) is 26.9 Å². The lowest BCUT2D eigenvalue weighted by molar-refractivity contribution is -0.113. The number of H-pyrrole nitrogens is 1. The summed E-state index contributed by atoms with van der Waals surface area (Å²) < 4.78 is 6.77. The van der Waals surface area contributed by atoms with E-state index in [0.29, 0.717) is 0 Å². The highest BCUT2D eigenvalue weighted by Gasteiger charge is 2.50. The van der Waals surface area contributed by atoms with Gasteiger partial charge >= 0.3 is 5.69 Å². The Morgan fingerprint density at radius 1 is 1.53 bits per heavy atom. The van der Waals surface area contributed by atoms with Crippen LogP contribution in [0.3, 0.4) is 0 Å². The van der Waals surface area contributed by atoms with Crippen molar-refractivity contribution in [2.75, 3.05) is 12.8 Å². The predicted octanol–water partition coefficient (Wildman–Crippen LogP) is 0.105. The van der Waals surface area contributed by atoms with E-state index in [2.05, 4.69) is 4.98 Å². The van der Waals surface area contributed by atoms with Gasteiger partial charge in [-0.05, 0) is 6.42 Å². The molecule has 1 aliphatic carbocycles. The second-order valence-electron chi connectivity index (χ2n) is 5.03. The highest BCUT2D eigenvalue weighted by Crippen LogP contribution is 2.50. The van der Waals surface area contributed by atoms with Crippen LogP contribution in [0.15, 0.2) is 15.7 Å². The number of hydrogen-bond donors (Lipinski definition) is 2. The SMILES string of the molecule is COC1CC(n2c(N)cc(=O)[nH]c2=O)C1(C)C. The monoisotopic (exact) mass is 239 g/mol. The molecule has 3 N–H and O–H groups in total. The minimum Gasteiger partial charge on any atom is -0.385 e. The van der Waals surface area contributed by atoms with Crippen LogP contribution in [0.4, 0.5) is 5.82 Å². The minimum atomic E-state index is -0.468. The van der Waals surface area contributed by atoms with Crippen LogP contribution in [0.1, 0.15) is 26.3 Å². The number of ether oxygens (including phenoxy) is 1. The molecule has 1 aliphatic rings. The summed E-state index contributed by atoms with van der Waals surface area (Å²) in [5.41, 5.74) is 4.64. The van der Waals surface area contributed by atoms with Crippen molar-refractivity contribution < 1.29 is 4.74 Å². The number of nitrogens with zero attached hydrogens (tertiary/aromatic N) is 1. The van der Waals surface area contributed by atoms with Crippen molar-refractivity contribution in [1.82, 2.24) is 9.55 Å². The summed E-state index contributed by atoms with van der Waals surface area (Å²) in [6, 6.07) is 1.19. The Morgan fingerprint density at radius 3 is 2.65 bits per heavy atom. The van der Waals surface area contributed by atoms with Gasteiger partial charge in [0.05, 0.1) is 12.1 Å². The van der Waals surface area contributed by atoms with Gasteiger partial charge in [-0.15, -0.1) is 0 Å². The number of methoxy groups -OCH3 is 1. The van der Waals surface area contributed by atoms with Crippen LogP contribution in [0.25, 0.3) is 0 Å². The van der Waals surface area contributed by atoms with E-state index in [4.69, 9.17) is 10.5 Å². The lowest BCUT2D eigenvalue weighted by Crippen LogP contribution is -2.54. The number of rotatable bonds is 2. The van der Waals surface area contributed by atoms with E-state index in [9.17, 15) is 9.59 Å². The lowest BCUT2D eigenvalue weighted by Gasteiger charge is -2.51. The summed E-state index contributed by atoms with van der Waals surface area (Å²) in [6.45, 7) is 4.04. The van der Waals surface area contributed by atoms with Gasteiger partial charge in [-0.25, -0.2) is 4.79 Å². The molecule has 0 radical (unpaired) electrons. The first kappa shape index (κ1) is 11.9. The summed E-state index contributed by atoms with van der Waals surface area (Å²) in [7, 11) is 1.65. The second-order valence-corrected chi connectivity index (χ2v) is 5.03. The average Bonchev–Trinajstić information content (AvgIpc) is 2.20. The standard InChI is InChI=1S/C11H17N3O3/c1-11(2)6(4-7(11)17-3)14-8(12)5-9(15)13-10(14)16/h5-7H,4,12H2,1-3H3,(H,13,15,16). The van der Waals surface area contributed by atoms with E-state index in [-0.39, 0.29) is 23.4 Å². The maximum Gasteiger partial charge on any atom is 0.330 e. The second kappa shape index (κ2) is 3.73.